The molecule has 6 heterocycles. The molecule has 1 aromatic carbocycles. The maximum absolute atomic E-state index is 6.44. The Hall–Kier alpha value is -5.60. The van der Waals surface area contributed by atoms with Crippen LogP contribution in [-0.2, 0) is 34.3 Å². The minimum Gasteiger partial charge on any atom is -0.370 e. The van der Waals surface area contributed by atoms with Gasteiger partial charge in [-0.3, -0.25) is 0 Å². The van der Waals surface area contributed by atoms with Crippen LogP contribution in [0.25, 0.3) is 0 Å². The number of rotatable bonds is 14. The fourth-order valence-corrected chi connectivity index (χ4v) is 5.35. The molecule has 0 fully saturated rings. The predicted molar refractivity (Wildman–Crippen MR) is 157 cm³/mol. The molecule has 6 aromatic heterocycles. The van der Waals surface area contributed by atoms with E-state index in [0.29, 0.717) is 13.2 Å². The van der Waals surface area contributed by atoms with E-state index in [0.717, 1.165) is 11.1 Å². The highest BCUT2D eigenvalue weighted by atomic mass is 16.5. The van der Waals surface area contributed by atoms with Crippen LogP contribution in [0.2, 0.25) is 0 Å². The van der Waals surface area contributed by atoms with Gasteiger partial charge in [-0.15, -0.1) is 0 Å². The molecule has 0 saturated heterocycles. The maximum Gasteiger partial charge on any atom is 0.273 e. The van der Waals surface area contributed by atoms with Crippen molar-refractivity contribution < 1.29 is 9.47 Å². The van der Waals surface area contributed by atoms with Crippen molar-refractivity contribution in [3.8, 4) is 0 Å². The minimum atomic E-state index is -0.987. The molecule has 0 N–H and O–H groups in total. The van der Waals surface area contributed by atoms with E-state index in [2.05, 4.69) is 30.6 Å². The average molecular weight is 591 g/mol. The Balaban J connectivity index is 1.12. The second-order valence-corrected chi connectivity index (χ2v) is 10.0. The Morgan fingerprint density at radius 1 is 0.409 bits per heavy atom. The van der Waals surface area contributed by atoms with Crippen LogP contribution in [-0.4, -0.2) is 71.9 Å². The molecule has 0 unspecified atom stereocenters. The molecule has 0 atom stereocenters. The van der Waals surface area contributed by atoms with Crippen LogP contribution in [0.5, 0.6) is 0 Å². The molecule has 0 aliphatic rings. The molecular weight excluding hydrogens is 560 g/mol. The van der Waals surface area contributed by atoms with Gasteiger partial charge >= 0.3 is 0 Å². The van der Waals surface area contributed by atoms with Crippen LogP contribution in [0, 0.1) is 0 Å². The summed E-state index contributed by atoms with van der Waals surface area (Å²) in [4.78, 5) is 0. The van der Waals surface area contributed by atoms with E-state index in [1.165, 1.54) is 0 Å². The molecule has 0 aliphatic heterocycles. The highest BCUT2D eigenvalue weighted by Gasteiger charge is 2.40. The minimum absolute atomic E-state index is 0.203. The van der Waals surface area contributed by atoms with Crippen molar-refractivity contribution in [1.82, 2.24) is 58.7 Å². The Kier molecular flexibility index (Phi) is 7.40. The third-order valence-electron chi connectivity index (χ3n) is 7.45. The molecule has 44 heavy (non-hydrogen) atoms. The fourth-order valence-electron chi connectivity index (χ4n) is 5.35. The molecule has 0 spiro atoms. The number of benzene rings is 1. The molecule has 0 amide bonds. The van der Waals surface area contributed by atoms with Crippen molar-refractivity contribution >= 4 is 0 Å². The number of aromatic nitrogens is 12. The van der Waals surface area contributed by atoms with Gasteiger partial charge in [-0.2, -0.15) is 30.6 Å². The zero-order valence-corrected chi connectivity index (χ0v) is 23.7. The van der Waals surface area contributed by atoms with E-state index in [9.17, 15) is 0 Å². The van der Waals surface area contributed by atoms with E-state index in [4.69, 9.17) is 9.47 Å². The first-order valence-corrected chi connectivity index (χ1v) is 14.0. The van der Waals surface area contributed by atoms with Gasteiger partial charge in [0.15, 0.2) is 0 Å². The zero-order chi connectivity index (χ0) is 29.7. The summed E-state index contributed by atoms with van der Waals surface area (Å²) < 4.78 is 23.6. The van der Waals surface area contributed by atoms with Crippen molar-refractivity contribution in [1.29, 1.82) is 0 Å². The first-order valence-electron chi connectivity index (χ1n) is 14.0. The van der Waals surface area contributed by atoms with Gasteiger partial charge in [-0.05, 0) is 47.5 Å². The summed E-state index contributed by atoms with van der Waals surface area (Å²) in [6.45, 7) is 1.06. The maximum atomic E-state index is 6.44. The van der Waals surface area contributed by atoms with Crippen LogP contribution >= 0.6 is 0 Å². The van der Waals surface area contributed by atoms with Gasteiger partial charge in [0, 0.05) is 74.4 Å². The first kappa shape index (κ1) is 27.2. The summed E-state index contributed by atoms with van der Waals surface area (Å²) in [6.07, 6.45) is 21.6. The fraction of sp³-hybridized carbons (Fsp3) is 0.200. The van der Waals surface area contributed by atoms with E-state index in [1.807, 2.05) is 97.8 Å². The van der Waals surface area contributed by atoms with Crippen molar-refractivity contribution in [2.75, 3.05) is 13.2 Å². The predicted octanol–water partition coefficient (Wildman–Crippen LogP) is 2.71. The highest BCUT2D eigenvalue weighted by Crippen LogP contribution is 2.24. The molecular formula is C30H30N12O2. The van der Waals surface area contributed by atoms with Crippen molar-refractivity contribution in [2.45, 2.75) is 24.8 Å². The summed E-state index contributed by atoms with van der Waals surface area (Å²) in [6, 6.07) is 19.3. The van der Waals surface area contributed by atoms with Gasteiger partial charge in [0.1, 0.15) is 13.2 Å². The van der Waals surface area contributed by atoms with Gasteiger partial charge < -0.3 is 9.47 Å². The van der Waals surface area contributed by atoms with Crippen LogP contribution in [0.3, 0.4) is 0 Å². The Labute approximate surface area is 252 Å². The van der Waals surface area contributed by atoms with Gasteiger partial charge in [0.05, 0.1) is 13.2 Å². The highest BCUT2D eigenvalue weighted by molar-refractivity contribution is 5.26. The molecule has 7 rings (SSSR count). The Morgan fingerprint density at radius 3 is 0.909 bits per heavy atom. The van der Waals surface area contributed by atoms with Gasteiger partial charge in [-0.25, -0.2) is 28.1 Å². The Bertz CT molecular complexity index is 1510. The molecule has 0 radical (unpaired) electrons. The van der Waals surface area contributed by atoms with Crippen molar-refractivity contribution in [2.24, 2.45) is 0 Å². The van der Waals surface area contributed by atoms with E-state index in [-0.39, 0.29) is 13.2 Å². The van der Waals surface area contributed by atoms with E-state index in [1.54, 1.807) is 65.3 Å². The normalized spacial score (nSPS) is 12.2. The number of nitrogens with zero attached hydrogens (tertiary/aromatic N) is 12. The summed E-state index contributed by atoms with van der Waals surface area (Å²) in [5, 5.41) is 27.3. The largest absolute Gasteiger partial charge is 0.370 e. The quantitative estimate of drug-likeness (QED) is 0.189. The lowest BCUT2D eigenvalue weighted by atomic mass is 10.1. The number of hydrogen-bond acceptors (Lipinski definition) is 8. The summed E-state index contributed by atoms with van der Waals surface area (Å²) in [5.74, 6) is -1.97. The average Bonchev–Trinajstić information content (AvgIpc) is 3.91. The third-order valence-corrected chi connectivity index (χ3v) is 7.45. The van der Waals surface area contributed by atoms with Crippen molar-refractivity contribution in [3.05, 3.63) is 146 Å². The number of hydrogen-bond donors (Lipinski definition) is 0. The van der Waals surface area contributed by atoms with Gasteiger partial charge in [-0.1, -0.05) is 24.3 Å². The van der Waals surface area contributed by atoms with Crippen LogP contribution in [0.4, 0.5) is 0 Å². The molecule has 0 aliphatic carbocycles. The van der Waals surface area contributed by atoms with Crippen LogP contribution in [0.15, 0.2) is 135 Å². The summed E-state index contributed by atoms with van der Waals surface area (Å²) >= 11 is 0. The first-order chi connectivity index (χ1) is 21.8. The molecule has 14 nitrogen and oxygen atoms in total. The second kappa shape index (κ2) is 11.9. The monoisotopic (exact) mass is 590 g/mol. The second-order valence-electron chi connectivity index (χ2n) is 10.0. The molecule has 222 valence electrons. The molecule has 0 bridgehead atoms. The standard InChI is InChI=1S/C30H30N12O2/c1-2-10-28(24-44-26-30(40-20-6-14-34-40,41-21-7-15-35-41)42-22-8-16-36-42)27(9-1)23-43-25-29(37-17-3-11-31-37,38-18-4-12-32-38)39-19-5-13-33-39/h1-22H,23-26H2. The molecule has 0 saturated carbocycles. The summed E-state index contributed by atoms with van der Waals surface area (Å²) in [7, 11) is 0. The third kappa shape index (κ3) is 4.81. The van der Waals surface area contributed by atoms with Crippen LogP contribution < -0.4 is 0 Å². The number of ether oxygens (including phenoxy) is 2. The molecule has 14 heteroatoms. The van der Waals surface area contributed by atoms with Gasteiger partial charge in [0.2, 0.25) is 0 Å². The summed E-state index contributed by atoms with van der Waals surface area (Å²) in [5.41, 5.74) is 1.98. The smallest absolute Gasteiger partial charge is 0.273 e. The van der Waals surface area contributed by atoms with E-state index < -0.39 is 11.6 Å². The lowest BCUT2D eigenvalue weighted by Gasteiger charge is -2.34. The van der Waals surface area contributed by atoms with Crippen LogP contribution in [0.1, 0.15) is 11.1 Å². The Morgan fingerprint density at radius 2 is 0.682 bits per heavy atom. The SMILES string of the molecule is c1ccc(COCC(n2cccn2)(n2cccn2)n2cccn2)c(COCC(n2cccn2)(n2cccn2)n2cccn2)c1. The lowest BCUT2D eigenvalue weighted by Crippen LogP contribution is -2.52. The lowest BCUT2D eigenvalue weighted by molar-refractivity contribution is -0.0230. The van der Waals surface area contributed by atoms with Gasteiger partial charge in [0.25, 0.3) is 11.6 Å². The molecule has 7 aromatic rings. The van der Waals surface area contributed by atoms with Crippen molar-refractivity contribution in [3.63, 3.8) is 0 Å². The van der Waals surface area contributed by atoms with E-state index >= 15 is 0 Å². The zero-order valence-electron chi connectivity index (χ0n) is 23.7. The topological polar surface area (TPSA) is 125 Å².